The minimum Gasteiger partial charge on any atom is -0.390 e. The van der Waals surface area contributed by atoms with Crippen molar-refractivity contribution in [3.8, 4) is 17.1 Å². The summed E-state index contributed by atoms with van der Waals surface area (Å²) < 4.78 is 1.95. The van der Waals surface area contributed by atoms with E-state index in [-0.39, 0.29) is 37.3 Å². The molecule has 1 amide bonds. The smallest absolute Gasteiger partial charge is 0.271 e. The number of hydrogen-bond donors (Lipinski definition) is 2. The molecule has 5 rings (SSSR count). The fourth-order valence-electron chi connectivity index (χ4n) is 4.97. The molecule has 2 heterocycles. The summed E-state index contributed by atoms with van der Waals surface area (Å²) in [6, 6.07) is 22.8. The Bertz CT molecular complexity index is 1480. The number of nitrogens with zero attached hydrogens (tertiary/aromatic N) is 4. The quantitative estimate of drug-likeness (QED) is 0.222. The van der Waals surface area contributed by atoms with Gasteiger partial charge in [-0.2, -0.15) is 0 Å². The van der Waals surface area contributed by atoms with Gasteiger partial charge in [-0.15, -0.1) is 24.8 Å². The van der Waals surface area contributed by atoms with Crippen LogP contribution in [0.25, 0.3) is 17.1 Å². The summed E-state index contributed by atoms with van der Waals surface area (Å²) in [7, 11) is 0. The zero-order valence-electron chi connectivity index (χ0n) is 22.8. The number of hydrogen-bond acceptors (Lipinski definition) is 5. The predicted octanol–water partition coefficient (Wildman–Crippen LogP) is 6.56. The second-order valence-electron chi connectivity index (χ2n) is 9.77. The molecule has 0 radical (unpaired) electrons. The number of anilines is 1. The third-order valence-electron chi connectivity index (χ3n) is 7.05. The number of carbonyl (C=O) groups excluding carboxylic acids is 1. The molecule has 1 aromatic heterocycles. The van der Waals surface area contributed by atoms with Crippen molar-refractivity contribution in [2.24, 2.45) is 0 Å². The molecule has 1 fully saturated rings. The van der Waals surface area contributed by atoms with E-state index in [0.717, 1.165) is 43.1 Å². The molecule has 1 atom stereocenters. The van der Waals surface area contributed by atoms with Gasteiger partial charge in [0.25, 0.3) is 5.91 Å². The van der Waals surface area contributed by atoms with Gasteiger partial charge in [0.15, 0.2) is 0 Å². The summed E-state index contributed by atoms with van der Waals surface area (Å²) in [6.07, 6.45) is -0.725. The maximum absolute atomic E-state index is 13.2. The van der Waals surface area contributed by atoms with Crippen LogP contribution in [0.1, 0.15) is 16.2 Å². The van der Waals surface area contributed by atoms with E-state index >= 15 is 0 Å². The lowest BCUT2D eigenvalue weighted by molar-refractivity contribution is 0.0847. The number of amides is 1. The summed E-state index contributed by atoms with van der Waals surface area (Å²) in [4.78, 5) is 22.3. The Kier molecular flexibility index (Phi) is 12.4. The number of piperazine rings is 1. The van der Waals surface area contributed by atoms with Gasteiger partial charge < -0.3 is 15.3 Å². The van der Waals surface area contributed by atoms with Crippen molar-refractivity contribution in [2.75, 3.05) is 44.2 Å². The van der Waals surface area contributed by atoms with Crippen molar-refractivity contribution in [3.05, 3.63) is 99.3 Å². The average Bonchev–Trinajstić information content (AvgIpc) is 3.31. The highest BCUT2D eigenvalue weighted by molar-refractivity contribution is 6.43. The van der Waals surface area contributed by atoms with Crippen molar-refractivity contribution in [2.45, 2.75) is 13.0 Å². The first-order valence-corrected chi connectivity index (χ1v) is 14.2. The Morgan fingerprint density at radius 1 is 0.929 bits per heavy atom. The molecule has 0 saturated carbocycles. The van der Waals surface area contributed by atoms with E-state index in [2.05, 4.69) is 15.1 Å². The molecule has 42 heavy (non-hydrogen) atoms. The van der Waals surface area contributed by atoms with E-state index in [1.54, 1.807) is 6.07 Å². The molecular formula is C30H32Cl5N5O2. The topological polar surface area (TPSA) is 73.6 Å². The maximum atomic E-state index is 13.2. The van der Waals surface area contributed by atoms with Gasteiger partial charge in [0.2, 0.25) is 0 Å². The number of halogens is 5. The minimum atomic E-state index is -0.725. The number of imidazole rings is 1. The molecular weight excluding hydrogens is 640 g/mol. The SMILES string of the molecule is Cc1c(C(=O)NCC(O)CN2CCN(c3cccc(Cl)c3Cl)CC2)nc(-c2ccccc2)n1-c1ccc(Cl)cc1.Cl.Cl. The first-order chi connectivity index (χ1) is 19.3. The molecule has 12 heteroatoms. The lowest BCUT2D eigenvalue weighted by Gasteiger charge is -2.37. The molecule has 7 nitrogen and oxygen atoms in total. The van der Waals surface area contributed by atoms with Crippen molar-refractivity contribution < 1.29 is 9.90 Å². The van der Waals surface area contributed by atoms with Crippen LogP contribution >= 0.6 is 59.6 Å². The van der Waals surface area contributed by atoms with E-state index in [9.17, 15) is 9.90 Å². The molecule has 0 aliphatic carbocycles. The Morgan fingerprint density at radius 2 is 1.60 bits per heavy atom. The summed E-state index contributed by atoms with van der Waals surface area (Å²) in [5, 5.41) is 15.3. The third kappa shape index (κ3) is 7.71. The molecule has 0 bridgehead atoms. The third-order valence-corrected chi connectivity index (χ3v) is 8.11. The number of β-amino-alcohol motifs (C(OH)–C–C–N with tert-alkyl or cyclic N) is 1. The standard InChI is InChI=1S/C30H30Cl3N5O2.2ClH/c1-20-28(35-29(21-6-3-2-4-7-21)38(20)23-12-10-22(31)11-13-23)30(40)34-18-24(39)19-36-14-16-37(17-15-36)26-9-5-8-25(32)27(26)33;;/h2-13,24,39H,14-19H2,1H3,(H,34,40);2*1H. The van der Waals surface area contributed by atoms with Gasteiger partial charge in [0.05, 0.1) is 27.5 Å². The summed E-state index contributed by atoms with van der Waals surface area (Å²) in [5.74, 6) is 0.325. The van der Waals surface area contributed by atoms with Crippen LogP contribution in [0.15, 0.2) is 72.8 Å². The van der Waals surface area contributed by atoms with Crippen LogP contribution < -0.4 is 10.2 Å². The molecule has 2 N–H and O–H groups in total. The van der Waals surface area contributed by atoms with E-state index in [1.165, 1.54) is 0 Å². The number of benzene rings is 3. The molecule has 1 aliphatic rings. The second-order valence-corrected chi connectivity index (χ2v) is 11.0. The number of aliphatic hydroxyl groups is 1. The van der Waals surface area contributed by atoms with Gasteiger partial charge in [0, 0.05) is 55.5 Å². The molecule has 3 aromatic carbocycles. The Hall–Kier alpha value is -2.49. The Labute approximate surface area is 273 Å². The largest absolute Gasteiger partial charge is 0.390 e. The van der Waals surface area contributed by atoms with Crippen LogP contribution in [-0.4, -0.2) is 70.8 Å². The van der Waals surface area contributed by atoms with E-state index in [0.29, 0.717) is 38.8 Å². The zero-order chi connectivity index (χ0) is 28.2. The van der Waals surface area contributed by atoms with Crippen LogP contribution in [0.4, 0.5) is 5.69 Å². The van der Waals surface area contributed by atoms with Crippen molar-refractivity contribution in [1.29, 1.82) is 0 Å². The highest BCUT2D eigenvalue weighted by atomic mass is 35.5. The zero-order valence-corrected chi connectivity index (χ0v) is 26.7. The molecule has 1 unspecified atom stereocenters. The van der Waals surface area contributed by atoms with Crippen molar-refractivity contribution in [1.82, 2.24) is 19.8 Å². The monoisotopic (exact) mass is 669 g/mol. The fourth-order valence-corrected chi connectivity index (χ4v) is 5.51. The van der Waals surface area contributed by atoms with Gasteiger partial charge in [-0.1, -0.05) is 71.2 Å². The molecule has 1 saturated heterocycles. The first-order valence-electron chi connectivity index (χ1n) is 13.1. The number of carbonyl (C=O) groups is 1. The number of aromatic nitrogens is 2. The van der Waals surface area contributed by atoms with Gasteiger partial charge in [0.1, 0.15) is 11.5 Å². The summed E-state index contributed by atoms with van der Waals surface area (Å²) in [5.41, 5.74) is 3.67. The fraction of sp³-hybridized carbons (Fsp3) is 0.267. The van der Waals surface area contributed by atoms with Gasteiger partial charge >= 0.3 is 0 Å². The van der Waals surface area contributed by atoms with Crippen LogP contribution in [0.2, 0.25) is 15.1 Å². The number of aliphatic hydroxyl groups excluding tert-OH is 1. The van der Waals surface area contributed by atoms with Gasteiger partial charge in [-0.3, -0.25) is 14.3 Å². The Balaban J connectivity index is 0.00000242. The molecule has 1 aliphatic heterocycles. The van der Waals surface area contributed by atoms with Crippen molar-refractivity contribution >= 4 is 71.2 Å². The highest BCUT2D eigenvalue weighted by Gasteiger charge is 2.24. The number of rotatable bonds is 8. The lowest BCUT2D eigenvalue weighted by atomic mass is 10.2. The van der Waals surface area contributed by atoms with E-state index in [1.807, 2.05) is 78.2 Å². The Morgan fingerprint density at radius 3 is 2.26 bits per heavy atom. The normalized spacial score (nSPS) is 14.1. The predicted molar refractivity (Wildman–Crippen MR) is 177 cm³/mol. The summed E-state index contributed by atoms with van der Waals surface area (Å²) in [6.45, 7) is 5.49. The van der Waals surface area contributed by atoms with Gasteiger partial charge in [-0.05, 0) is 43.3 Å². The van der Waals surface area contributed by atoms with Crippen molar-refractivity contribution in [3.63, 3.8) is 0 Å². The molecule has 4 aromatic rings. The summed E-state index contributed by atoms with van der Waals surface area (Å²) >= 11 is 18.7. The lowest BCUT2D eigenvalue weighted by Crippen LogP contribution is -2.50. The first kappa shape index (κ1) is 34.0. The maximum Gasteiger partial charge on any atom is 0.271 e. The molecule has 0 spiro atoms. The minimum absolute atomic E-state index is 0. The van der Waals surface area contributed by atoms with Crippen LogP contribution in [0.5, 0.6) is 0 Å². The van der Waals surface area contributed by atoms with E-state index < -0.39 is 6.10 Å². The highest BCUT2D eigenvalue weighted by Crippen LogP contribution is 2.33. The number of nitrogens with one attached hydrogen (secondary N) is 1. The van der Waals surface area contributed by atoms with E-state index in [4.69, 9.17) is 39.8 Å². The van der Waals surface area contributed by atoms with Crippen LogP contribution in [0.3, 0.4) is 0 Å². The van der Waals surface area contributed by atoms with Crippen LogP contribution in [0, 0.1) is 6.92 Å². The second kappa shape index (κ2) is 15.3. The van der Waals surface area contributed by atoms with Gasteiger partial charge in [-0.25, -0.2) is 4.98 Å². The van der Waals surface area contributed by atoms with Crippen LogP contribution in [-0.2, 0) is 0 Å². The average molecular weight is 672 g/mol. The molecule has 224 valence electrons.